The molecule has 1 heterocycles. The Morgan fingerprint density at radius 1 is 1.33 bits per heavy atom. The van der Waals surface area contributed by atoms with Gasteiger partial charge in [0.1, 0.15) is 6.04 Å². The number of rotatable bonds is 4. The van der Waals surface area contributed by atoms with Gasteiger partial charge in [-0.15, -0.1) is 0 Å². The molecule has 1 aromatic rings. The molecule has 1 N–H and O–H groups in total. The highest BCUT2D eigenvalue weighted by Crippen LogP contribution is 2.34. The minimum atomic E-state index is -1.00. The van der Waals surface area contributed by atoms with Gasteiger partial charge in [-0.3, -0.25) is 4.79 Å². The molecule has 114 valence electrons. The fourth-order valence-electron chi connectivity index (χ4n) is 2.62. The Labute approximate surface area is 124 Å². The van der Waals surface area contributed by atoms with Crippen LogP contribution in [-0.2, 0) is 14.3 Å². The maximum Gasteiger partial charge on any atom is 0.326 e. The Kier molecular flexibility index (Phi) is 4.96. The van der Waals surface area contributed by atoms with E-state index < -0.39 is 12.0 Å². The first-order valence-electron chi connectivity index (χ1n) is 7.18. The zero-order valence-electron chi connectivity index (χ0n) is 12.4. The van der Waals surface area contributed by atoms with Crippen LogP contribution in [0.3, 0.4) is 0 Å². The van der Waals surface area contributed by atoms with Crippen molar-refractivity contribution in [1.82, 2.24) is 4.90 Å². The second-order valence-electron chi connectivity index (χ2n) is 5.41. The van der Waals surface area contributed by atoms with E-state index in [0.29, 0.717) is 6.61 Å². The molecular weight excluding hydrogens is 270 g/mol. The van der Waals surface area contributed by atoms with Crippen molar-refractivity contribution < 1.29 is 19.4 Å². The van der Waals surface area contributed by atoms with Gasteiger partial charge >= 0.3 is 5.97 Å². The molecular formula is C16H21NO4. The number of likely N-dealkylation sites (N-methyl/N-ethyl adjacent to an activating group) is 1. The molecule has 0 radical (unpaired) electrons. The second kappa shape index (κ2) is 6.72. The van der Waals surface area contributed by atoms with E-state index in [9.17, 15) is 9.59 Å². The maximum atomic E-state index is 12.6. The average molecular weight is 291 g/mol. The van der Waals surface area contributed by atoms with Gasteiger partial charge in [0.05, 0.1) is 12.0 Å². The van der Waals surface area contributed by atoms with Crippen LogP contribution in [0, 0.1) is 5.92 Å². The molecule has 0 saturated carbocycles. The van der Waals surface area contributed by atoms with E-state index in [-0.39, 0.29) is 17.9 Å². The number of benzene rings is 1. The van der Waals surface area contributed by atoms with Crippen molar-refractivity contribution >= 4 is 11.9 Å². The topological polar surface area (TPSA) is 66.8 Å². The lowest BCUT2D eigenvalue weighted by atomic mass is 9.88. The van der Waals surface area contributed by atoms with E-state index in [1.165, 1.54) is 18.9 Å². The zero-order chi connectivity index (χ0) is 15.4. The van der Waals surface area contributed by atoms with Crippen LogP contribution in [0.5, 0.6) is 0 Å². The van der Waals surface area contributed by atoms with Gasteiger partial charge in [-0.05, 0) is 25.3 Å². The largest absolute Gasteiger partial charge is 0.480 e. The van der Waals surface area contributed by atoms with Crippen molar-refractivity contribution in [3.05, 3.63) is 35.9 Å². The predicted molar refractivity (Wildman–Crippen MR) is 77.7 cm³/mol. The summed E-state index contributed by atoms with van der Waals surface area (Å²) in [5.74, 6) is -1.50. The molecule has 5 nitrogen and oxygen atoms in total. The molecule has 0 bridgehead atoms. The molecule has 0 spiro atoms. The average Bonchev–Trinajstić information content (AvgIpc) is 2.53. The lowest BCUT2D eigenvalue weighted by molar-refractivity contribution is -0.154. The Hall–Kier alpha value is -1.88. The number of carbonyl (C=O) groups is 2. The summed E-state index contributed by atoms with van der Waals surface area (Å²) in [4.78, 5) is 25.0. The van der Waals surface area contributed by atoms with Crippen molar-refractivity contribution in [2.45, 2.75) is 31.9 Å². The summed E-state index contributed by atoms with van der Waals surface area (Å²) in [7, 11) is 1.54. The highest BCUT2D eigenvalue weighted by atomic mass is 16.5. The standard InChI is InChI=1S/C16H21NO4/c1-11(16(19)20)17(2)15(18)13-9-6-10-21-14(13)12-7-4-3-5-8-12/h3-5,7-8,11,13-14H,6,9-10H2,1-2H3,(H,19,20). The normalized spacial score (nSPS) is 23.3. The van der Waals surface area contributed by atoms with Crippen molar-refractivity contribution in [1.29, 1.82) is 0 Å². The molecule has 0 aromatic heterocycles. The zero-order valence-corrected chi connectivity index (χ0v) is 12.4. The molecule has 1 aromatic carbocycles. The van der Waals surface area contributed by atoms with E-state index in [1.807, 2.05) is 30.3 Å². The van der Waals surface area contributed by atoms with Crippen LogP contribution in [-0.4, -0.2) is 41.6 Å². The fourth-order valence-corrected chi connectivity index (χ4v) is 2.62. The number of carbonyl (C=O) groups excluding carboxylic acids is 1. The molecule has 3 atom stereocenters. The Morgan fingerprint density at radius 3 is 2.62 bits per heavy atom. The molecule has 1 fully saturated rings. The van der Waals surface area contributed by atoms with E-state index in [4.69, 9.17) is 9.84 Å². The minimum absolute atomic E-state index is 0.168. The van der Waals surface area contributed by atoms with Gasteiger partial charge in [0, 0.05) is 13.7 Å². The third-order valence-electron chi connectivity index (χ3n) is 4.05. The number of nitrogens with zero attached hydrogens (tertiary/aromatic N) is 1. The Morgan fingerprint density at radius 2 is 2.00 bits per heavy atom. The summed E-state index contributed by atoms with van der Waals surface area (Å²) in [5.41, 5.74) is 0.965. The SMILES string of the molecule is CC(C(=O)O)N(C)C(=O)C1CCCOC1c1ccccc1. The third kappa shape index (κ3) is 3.42. The first-order chi connectivity index (χ1) is 10.0. The van der Waals surface area contributed by atoms with Crippen molar-refractivity contribution in [3.8, 4) is 0 Å². The van der Waals surface area contributed by atoms with Gasteiger partial charge < -0.3 is 14.7 Å². The van der Waals surface area contributed by atoms with Crippen LogP contribution < -0.4 is 0 Å². The van der Waals surface area contributed by atoms with Crippen LogP contribution in [0.4, 0.5) is 0 Å². The molecule has 3 unspecified atom stereocenters. The highest BCUT2D eigenvalue weighted by Gasteiger charge is 2.36. The second-order valence-corrected chi connectivity index (χ2v) is 5.41. The van der Waals surface area contributed by atoms with Crippen molar-refractivity contribution in [2.75, 3.05) is 13.7 Å². The quantitative estimate of drug-likeness (QED) is 0.922. The molecule has 21 heavy (non-hydrogen) atoms. The summed E-state index contributed by atoms with van der Waals surface area (Å²) >= 11 is 0. The molecule has 2 rings (SSSR count). The van der Waals surface area contributed by atoms with Crippen molar-refractivity contribution in [3.63, 3.8) is 0 Å². The van der Waals surface area contributed by atoms with Gasteiger partial charge in [0.25, 0.3) is 0 Å². The first-order valence-corrected chi connectivity index (χ1v) is 7.18. The Bertz CT molecular complexity index is 502. The number of carboxylic acid groups (broad SMARTS) is 1. The van der Waals surface area contributed by atoms with Gasteiger partial charge in [0.2, 0.25) is 5.91 Å². The van der Waals surface area contributed by atoms with Crippen LogP contribution in [0.2, 0.25) is 0 Å². The van der Waals surface area contributed by atoms with Crippen LogP contribution in [0.25, 0.3) is 0 Å². The lowest BCUT2D eigenvalue weighted by Crippen LogP contribution is -2.45. The highest BCUT2D eigenvalue weighted by molar-refractivity contribution is 5.85. The smallest absolute Gasteiger partial charge is 0.326 e. The summed E-state index contributed by atoms with van der Waals surface area (Å²) < 4.78 is 5.79. The Balaban J connectivity index is 2.19. The number of hydrogen-bond donors (Lipinski definition) is 1. The summed E-state index contributed by atoms with van der Waals surface area (Å²) in [5, 5.41) is 9.06. The van der Waals surface area contributed by atoms with E-state index in [1.54, 1.807) is 0 Å². The molecule has 1 aliphatic heterocycles. The fraction of sp³-hybridized carbons (Fsp3) is 0.500. The van der Waals surface area contributed by atoms with Gasteiger partial charge in [-0.25, -0.2) is 4.79 Å². The van der Waals surface area contributed by atoms with E-state index in [0.717, 1.165) is 18.4 Å². The number of ether oxygens (including phenoxy) is 1. The van der Waals surface area contributed by atoms with Gasteiger partial charge in [0.15, 0.2) is 0 Å². The first kappa shape index (κ1) is 15.5. The van der Waals surface area contributed by atoms with Crippen LogP contribution in [0.15, 0.2) is 30.3 Å². The lowest BCUT2D eigenvalue weighted by Gasteiger charge is -2.34. The molecule has 1 amide bonds. The van der Waals surface area contributed by atoms with E-state index in [2.05, 4.69) is 0 Å². The van der Waals surface area contributed by atoms with Crippen LogP contribution in [0.1, 0.15) is 31.4 Å². The number of hydrogen-bond acceptors (Lipinski definition) is 3. The minimum Gasteiger partial charge on any atom is -0.480 e. The molecule has 5 heteroatoms. The molecule has 1 saturated heterocycles. The van der Waals surface area contributed by atoms with Crippen molar-refractivity contribution in [2.24, 2.45) is 5.92 Å². The number of amides is 1. The van der Waals surface area contributed by atoms with Crippen LogP contribution >= 0.6 is 0 Å². The van der Waals surface area contributed by atoms with Gasteiger partial charge in [-0.1, -0.05) is 30.3 Å². The number of carboxylic acids is 1. The summed E-state index contributed by atoms with van der Waals surface area (Å²) in [6.07, 6.45) is 1.24. The summed E-state index contributed by atoms with van der Waals surface area (Å²) in [6.45, 7) is 2.14. The molecule has 0 aliphatic carbocycles. The third-order valence-corrected chi connectivity index (χ3v) is 4.05. The monoisotopic (exact) mass is 291 g/mol. The maximum absolute atomic E-state index is 12.6. The predicted octanol–water partition coefficient (Wildman–Crippen LogP) is 2.09. The summed E-state index contributed by atoms with van der Waals surface area (Å²) in [6, 6.07) is 8.79. The number of aliphatic carboxylic acids is 1. The van der Waals surface area contributed by atoms with Gasteiger partial charge in [-0.2, -0.15) is 0 Å². The van der Waals surface area contributed by atoms with E-state index >= 15 is 0 Å². The molecule has 1 aliphatic rings.